The van der Waals surface area contributed by atoms with Gasteiger partial charge in [0.2, 0.25) is 11.7 Å². The lowest BCUT2D eigenvalue weighted by molar-refractivity contribution is -0.291. The number of benzene rings is 2. The number of aliphatic hydroxyl groups is 7. The number of esters is 2. The van der Waals surface area contributed by atoms with Crippen molar-refractivity contribution in [3.05, 3.63) is 124 Å². The third-order valence-corrected chi connectivity index (χ3v) is 10.6. The zero-order valence-corrected chi connectivity index (χ0v) is 33.9. The van der Waals surface area contributed by atoms with Crippen LogP contribution in [0.1, 0.15) is 38.7 Å². The number of ether oxygens (including phenoxy) is 3. The highest BCUT2D eigenvalue weighted by molar-refractivity contribution is 5.92. The zero-order valence-electron chi connectivity index (χ0n) is 33.9. The molecule has 5 rings (SSSR count). The first-order valence-corrected chi connectivity index (χ1v) is 19.5. The van der Waals surface area contributed by atoms with Gasteiger partial charge in [-0.1, -0.05) is 72.4 Å². The van der Waals surface area contributed by atoms with Crippen molar-refractivity contribution in [1.29, 1.82) is 0 Å². The number of phenolic OH excluding ortho intramolecular Hbond substituents is 3. The van der Waals surface area contributed by atoms with Crippen molar-refractivity contribution in [3.63, 3.8) is 0 Å². The Hall–Kier alpha value is -5.89. The summed E-state index contributed by atoms with van der Waals surface area (Å²) in [4.78, 5) is 38.5. The van der Waals surface area contributed by atoms with E-state index in [0.717, 1.165) is 23.8 Å². The van der Waals surface area contributed by atoms with E-state index in [1.165, 1.54) is 32.1 Å². The summed E-state index contributed by atoms with van der Waals surface area (Å²) in [5.74, 6) is -4.81. The minimum absolute atomic E-state index is 0.00729. The lowest BCUT2D eigenvalue weighted by Gasteiger charge is -2.40. The monoisotopic (exact) mass is 862 g/mol. The van der Waals surface area contributed by atoms with Crippen molar-refractivity contribution in [3.8, 4) is 17.2 Å². The van der Waals surface area contributed by atoms with E-state index in [0.29, 0.717) is 0 Å². The lowest BCUT2D eigenvalue weighted by Crippen LogP contribution is -2.59. The molecular weight excluding hydrogens is 812 g/mol. The molecule has 62 heavy (non-hydrogen) atoms. The van der Waals surface area contributed by atoms with Gasteiger partial charge in [-0.3, -0.25) is 4.79 Å². The average Bonchev–Trinajstić information content (AvgIpc) is 3.24. The highest BCUT2D eigenvalue weighted by Gasteiger charge is 2.46. The lowest BCUT2D eigenvalue weighted by atomic mass is 9.73. The Bertz CT molecular complexity index is 2400. The summed E-state index contributed by atoms with van der Waals surface area (Å²) in [5, 5.41) is 102. The highest BCUT2D eigenvalue weighted by atomic mass is 16.7. The van der Waals surface area contributed by atoms with E-state index in [-0.39, 0.29) is 57.4 Å². The molecule has 0 amide bonds. The van der Waals surface area contributed by atoms with Crippen LogP contribution in [-0.4, -0.2) is 125 Å². The molecule has 0 bridgehead atoms. The van der Waals surface area contributed by atoms with E-state index in [1.807, 2.05) is 6.92 Å². The molecule has 2 fully saturated rings. The summed E-state index contributed by atoms with van der Waals surface area (Å²) in [7, 11) is 0. The number of fused-ring (bicyclic) bond motifs is 2. The highest BCUT2D eigenvalue weighted by Crippen LogP contribution is 2.42. The normalized spacial score (nSPS) is 27.9. The number of carbonyl (C=O) groups is 2. The van der Waals surface area contributed by atoms with Crippen molar-refractivity contribution in [2.24, 2.45) is 5.92 Å². The van der Waals surface area contributed by atoms with Crippen LogP contribution in [0.25, 0.3) is 21.9 Å². The maximum Gasteiger partial charge on any atom is 0.336 e. The molecule has 1 aromatic heterocycles. The molecule has 2 heterocycles. The van der Waals surface area contributed by atoms with Crippen LogP contribution in [0.5, 0.6) is 17.2 Å². The Morgan fingerprint density at radius 2 is 1.24 bits per heavy atom. The van der Waals surface area contributed by atoms with Crippen molar-refractivity contribution in [1.82, 2.24) is 0 Å². The van der Waals surface area contributed by atoms with Crippen molar-refractivity contribution in [2.75, 3.05) is 13.2 Å². The fraction of sp³-hybridized carbons (Fsp3) is 0.356. The van der Waals surface area contributed by atoms with Crippen LogP contribution in [0.15, 0.2) is 117 Å². The van der Waals surface area contributed by atoms with Crippen LogP contribution in [-0.2, 0) is 23.8 Å². The van der Waals surface area contributed by atoms with E-state index in [2.05, 4.69) is 0 Å². The van der Waals surface area contributed by atoms with Gasteiger partial charge in [-0.05, 0) is 39.3 Å². The van der Waals surface area contributed by atoms with E-state index in [1.54, 1.807) is 54.7 Å². The molecule has 0 radical (unpaired) electrons. The van der Waals surface area contributed by atoms with Gasteiger partial charge in [-0.15, -0.1) is 0 Å². The number of aliphatic hydroxyl groups excluding tert-OH is 7. The van der Waals surface area contributed by atoms with E-state index in [9.17, 15) is 65.4 Å². The molecule has 10 unspecified atom stereocenters. The van der Waals surface area contributed by atoms with Gasteiger partial charge in [0.05, 0.1) is 36.2 Å². The third-order valence-electron chi connectivity index (χ3n) is 10.6. The van der Waals surface area contributed by atoms with E-state index >= 15 is 0 Å². The summed E-state index contributed by atoms with van der Waals surface area (Å²) < 4.78 is 21.4. The molecule has 3 aromatic rings. The quantitative estimate of drug-likeness (QED) is 0.0387. The summed E-state index contributed by atoms with van der Waals surface area (Å²) in [6.45, 7) is 3.84. The van der Waals surface area contributed by atoms with Crippen molar-refractivity contribution in [2.45, 2.75) is 82.1 Å². The Balaban J connectivity index is 1.11. The van der Waals surface area contributed by atoms with E-state index < -0.39 is 96.3 Å². The van der Waals surface area contributed by atoms with Crippen molar-refractivity contribution >= 4 is 33.9 Å². The summed E-state index contributed by atoms with van der Waals surface area (Å²) >= 11 is 0. The van der Waals surface area contributed by atoms with Gasteiger partial charge in [-0.25, -0.2) is 9.59 Å². The Labute approximate surface area is 354 Å². The third kappa shape index (κ3) is 10.9. The topological polar surface area (TPSA) is 294 Å². The molecule has 17 nitrogen and oxygen atoms in total. The second-order valence-electron chi connectivity index (χ2n) is 15.1. The average molecular weight is 863 g/mol. The number of aromatic hydroxyl groups is 3. The number of phenols is 3. The first-order valence-electron chi connectivity index (χ1n) is 19.5. The Kier molecular flexibility index (Phi) is 15.8. The summed E-state index contributed by atoms with van der Waals surface area (Å²) in [6, 6.07) is 4.57. The molecule has 10 atom stereocenters. The fourth-order valence-electron chi connectivity index (χ4n) is 6.89. The maximum absolute atomic E-state index is 13.3. The standard InChI is InChI=1S/C45H50O17/c1-22(12-10-14-24(3)44(58)62-45-42(56)41(55)39(53)35(20-46)61-45)11-8-6-4-5-7-9-13-23(2)43(57)59-21-25-15-27(38(52)40(54)36(25)50)26-16-28-33(18-30(26)47)60-34-19-32(49)31(48)17-29(34)37(28)51/h4-14,16-19,25,27,35-36,38-42,45-50,52-56H,15,20-21H2,1-3H3. The van der Waals surface area contributed by atoms with Gasteiger partial charge in [0, 0.05) is 40.7 Å². The van der Waals surface area contributed by atoms with Crippen LogP contribution >= 0.6 is 0 Å². The van der Waals surface area contributed by atoms with Crippen molar-refractivity contribution < 1.29 is 79.3 Å². The minimum atomic E-state index is -1.70. The predicted molar refractivity (Wildman–Crippen MR) is 223 cm³/mol. The zero-order chi connectivity index (χ0) is 45.4. The molecule has 1 saturated carbocycles. The first kappa shape index (κ1) is 47.2. The molecule has 1 saturated heterocycles. The maximum atomic E-state index is 13.3. The smallest absolute Gasteiger partial charge is 0.336 e. The summed E-state index contributed by atoms with van der Waals surface area (Å²) in [5.41, 5.74) is 0.644. The molecular formula is C45H50O17. The Morgan fingerprint density at radius 1 is 0.677 bits per heavy atom. The van der Waals surface area contributed by atoms with E-state index in [4.69, 9.17) is 18.6 Å². The van der Waals surface area contributed by atoms with Gasteiger partial charge in [-0.2, -0.15) is 0 Å². The fourth-order valence-corrected chi connectivity index (χ4v) is 6.89. The molecule has 1 aliphatic carbocycles. The Morgan fingerprint density at radius 3 is 1.92 bits per heavy atom. The first-order chi connectivity index (χ1) is 29.4. The molecule has 332 valence electrons. The van der Waals surface area contributed by atoms with Gasteiger partial charge < -0.3 is 69.7 Å². The SMILES string of the molecule is CC(C=CC=C(C)C(=O)OC1OC(CO)C(O)C(O)C1O)=CC=CC=CC=CC=C(C)C(=O)OCC1CC(c2cc3c(=O)c4cc(O)c(O)cc4oc3cc2O)C(O)C(O)C1O. The molecule has 2 aromatic carbocycles. The van der Waals surface area contributed by atoms with Gasteiger partial charge in [0.25, 0.3) is 0 Å². The molecule has 10 N–H and O–H groups in total. The van der Waals surface area contributed by atoms with Gasteiger partial charge in [0.1, 0.15) is 47.4 Å². The van der Waals surface area contributed by atoms with Crippen LogP contribution in [0, 0.1) is 5.92 Å². The van der Waals surface area contributed by atoms with Gasteiger partial charge in [0.15, 0.2) is 11.5 Å². The summed E-state index contributed by atoms with van der Waals surface area (Å²) in [6.07, 6.45) is 5.89. The van der Waals surface area contributed by atoms with Crippen LogP contribution in [0.4, 0.5) is 0 Å². The molecule has 2 aliphatic rings. The van der Waals surface area contributed by atoms with Crippen LogP contribution in [0.2, 0.25) is 0 Å². The number of hydrogen-bond donors (Lipinski definition) is 10. The second kappa shape index (κ2) is 20.8. The molecule has 1 aliphatic heterocycles. The number of carbonyl (C=O) groups excluding carboxylic acids is 2. The predicted octanol–water partition coefficient (Wildman–Crippen LogP) is 2.20. The molecule has 17 heteroatoms. The number of rotatable bonds is 13. The second-order valence-corrected chi connectivity index (χ2v) is 15.1. The minimum Gasteiger partial charge on any atom is -0.508 e. The van der Waals surface area contributed by atoms with Gasteiger partial charge >= 0.3 is 11.9 Å². The molecule has 0 spiro atoms. The number of allylic oxidation sites excluding steroid dienone is 12. The van der Waals surface area contributed by atoms with Crippen LogP contribution in [0.3, 0.4) is 0 Å². The van der Waals surface area contributed by atoms with Crippen LogP contribution < -0.4 is 5.43 Å². The number of hydrogen-bond acceptors (Lipinski definition) is 17. The largest absolute Gasteiger partial charge is 0.508 e.